The summed E-state index contributed by atoms with van der Waals surface area (Å²) in [6.07, 6.45) is 4.36. The number of rotatable bonds is 4. The van der Waals surface area contributed by atoms with Crippen LogP contribution in [-0.2, 0) is 6.42 Å². The van der Waals surface area contributed by atoms with Gasteiger partial charge in [0, 0.05) is 23.6 Å². The third-order valence-corrected chi connectivity index (χ3v) is 3.82. The molecule has 110 valence electrons. The normalized spacial score (nSPS) is 11.3. The average Bonchev–Trinajstić information content (AvgIpc) is 3.15. The van der Waals surface area contributed by atoms with Gasteiger partial charge < -0.3 is 14.8 Å². The molecule has 3 aromatic heterocycles. The van der Waals surface area contributed by atoms with E-state index in [1.807, 2.05) is 13.1 Å². The van der Waals surface area contributed by atoms with E-state index in [0.717, 1.165) is 35.4 Å². The molecular weight excluding hydrogens is 278 g/mol. The van der Waals surface area contributed by atoms with Crippen molar-refractivity contribution in [1.29, 1.82) is 0 Å². The van der Waals surface area contributed by atoms with Crippen molar-refractivity contribution >= 4 is 27.8 Å². The number of fused-ring (bicyclic) bond motifs is 2. The molecule has 0 saturated heterocycles. The van der Waals surface area contributed by atoms with Gasteiger partial charge in [0.05, 0.1) is 5.69 Å². The average molecular weight is 293 g/mol. The van der Waals surface area contributed by atoms with E-state index in [1.165, 1.54) is 17.3 Å². The van der Waals surface area contributed by atoms with Crippen molar-refractivity contribution in [3.05, 3.63) is 48.0 Å². The number of H-pyrrole nitrogens is 1. The highest BCUT2D eigenvalue weighted by atomic mass is 16.5. The molecule has 4 rings (SSSR count). The molecule has 0 aliphatic rings. The summed E-state index contributed by atoms with van der Waals surface area (Å²) in [5.74, 6) is 0.769. The van der Waals surface area contributed by atoms with Crippen LogP contribution in [0, 0.1) is 6.92 Å². The molecule has 0 aliphatic carbocycles. The quantitative estimate of drug-likeness (QED) is 0.604. The van der Waals surface area contributed by atoms with E-state index >= 15 is 0 Å². The SMILES string of the molecule is Cc1noc2ncnc(NCCc3cccc4[nH]ccc34)c12. The van der Waals surface area contributed by atoms with Crippen molar-refractivity contribution in [3.63, 3.8) is 0 Å². The number of hydrogen-bond acceptors (Lipinski definition) is 5. The third kappa shape index (κ3) is 2.09. The molecule has 0 amide bonds. The Bertz CT molecular complexity index is 940. The van der Waals surface area contributed by atoms with Crippen molar-refractivity contribution < 1.29 is 4.52 Å². The predicted molar refractivity (Wildman–Crippen MR) is 84.8 cm³/mol. The van der Waals surface area contributed by atoms with Crippen LogP contribution in [0.2, 0.25) is 0 Å². The molecule has 0 unspecified atom stereocenters. The zero-order valence-electron chi connectivity index (χ0n) is 12.1. The second-order valence-electron chi connectivity index (χ2n) is 5.20. The van der Waals surface area contributed by atoms with E-state index < -0.39 is 0 Å². The lowest BCUT2D eigenvalue weighted by atomic mass is 10.1. The fraction of sp³-hybridized carbons (Fsp3) is 0.188. The molecule has 0 saturated carbocycles. The lowest BCUT2D eigenvalue weighted by molar-refractivity contribution is 0.442. The summed E-state index contributed by atoms with van der Waals surface area (Å²) in [5.41, 5.74) is 3.78. The Hall–Kier alpha value is -2.89. The molecule has 0 bridgehead atoms. The van der Waals surface area contributed by atoms with Gasteiger partial charge in [-0.3, -0.25) is 0 Å². The zero-order chi connectivity index (χ0) is 14.9. The van der Waals surface area contributed by atoms with Crippen LogP contribution < -0.4 is 5.32 Å². The molecule has 0 spiro atoms. The minimum atomic E-state index is 0.516. The largest absolute Gasteiger partial charge is 0.369 e. The molecule has 0 atom stereocenters. The highest BCUT2D eigenvalue weighted by Gasteiger charge is 2.11. The smallest absolute Gasteiger partial charge is 0.263 e. The van der Waals surface area contributed by atoms with Gasteiger partial charge in [-0.1, -0.05) is 17.3 Å². The maximum atomic E-state index is 5.16. The molecule has 6 heteroatoms. The van der Waals surface area contributed by atoms with Crippen LogP contribution in [0.1, 0.15) is 11.3 Å². The predicted octanol–water partition coefficient (Wildman–Crippen LogP) is 3.06. The van der Waals surface area contributed by atoms with Crippen LogP contribution >= 0.6 is 0 Å². The van der Waals surface area contributed by atoms with Crippen molar-refractivity contribution in [1.82, 2.24) is 20.1 Å². The third-order valence-electron chi connectivity index (χ3n) is 3.82. The van der Waals surface area contributed by atoms with Gasteiger partial charge in [0.1, 0.15) is 17.5 Å². The summed E-state index contributed by atoms with van der Waals surface area (Å²) in [7, 11) is 0. The zero-order valence-corrected chi connectivity index (χ0v) is 12.1. The monoisotopic (exact) mass is 293 g/mol. The summed E-state index contributed by atoms with van der Waals surface area (Å²) in [4.78, 5) is 11.6. The van der Waals surface area contributed by atoms with Gasteiger partial charge in [0.2, 0.25) is 0 Å². The Labute approximate surface area is 126 Å². The molecule has 0 fully saturated rings. The van der Waals surface area contributed by atoms with Crippen LogP contribution in [0.3, 0.4) is 0 Å². The topological polar surface area (TPSA) is 79.6 Å². The van der Waals surface area contributed by atoms with E-state index in [9.17, 15) is 0 Å². The summed E-state index contributed by atoms with van der Waals surface area (Å²) >= 11 is 0. The van der Waals surface area contributed by atoms with Gasteiger partial charge >= 0.3 is 0 Å². The molecule has 0 radical (unpaired) electrons. The maximum absolute atomic E-state index is 5.16. The second-order valence-corrected chi connectivity index (χ2v) is 5.20. The highest BCUT2D eigenvalue weighted by molar-refractivity contribution is 5.87. The van der Waals surface area contributed by atoms with E-state index in [2.05, 4.69) is 49.7 Å². The second kappa shape index (κ2) is 5.14. The van der Waals surface area contributed by atoms with Crippen LogP contribution in [0.5, 0.6) is 0 Å². The molecular formula is C16H15N5O. The molecule has 4 aromatic rings. The number of nitrogens with zero attached hydrogens (tertiary/aromatic N) is 3. The van der Waals surface area contributed by atoms with Crippen LogP contribution in [0.4, 0.5) is 5.82 Å². The lowest BCUT2D eigenvalue weighted by Gasteiger charge is -2.07. The number of aryl methyl sites for hydroxylation is 1. The molecule has 0 aliphatic heterocycles. The number of anilines is 1. The van der Waals surface area contributed by atoms with E-state index in [-0.39, 0.29) is 0 Å². The standard InChI is InChI=1S/C16H15N5O/c1-10-14-15(19-9-20-16(14)22-21-10)18-7-5-11-3-2-4-13-12(11)6-8-17-13/h2-4,6,8-9,17H,5,7H2,1H3,(H,18,19,20). The van der Waals surface area contributed by atoms with Gasteiger partial charge in [-0.05, 0) is 31.0 Å². The number of hydrogen-bond donors (Lipinski definition) is 2. The maximum Gasteiger partial charge on any atom is 0.263 e. The van der Waals surface area contributed by atoms with Crippen molar-refractivity contribution in [3.8, 4) is 0 Å². The van der Waals surface area contributed by atoms with Crippen molar-refractivity contribution in [2.24, 2.45) is 0 Å². The Balaban J connectivity index is 1.55. The Morgan fingerprint density at radius 3 is 3.14 bits per heavy atom. The summed E-state index contributed by atoms with van der Waals surface area (Å²) in [6.45, 7) is 2.67. The first-order chi connectivity index (χ1) is 10.8. The molecule has 2 N–H and O–H groups in total. The van der Waals surface area contributed by atoms with Gasteiger partial charge in [-0.2, -0.15) is 4.98 Å². The van der Waals surface area contributed by atoms with Gasteiger partial charge in [0.25, 0.3) is 5.71 Å². The molecule has 22 heavy (non-hydrogen) atoms. The fourth-order valence-corrected chi connectivity index (χ4v) is 2.74. The van der Waals surface area contributed by atoms with Crippen molar-refractivity contribution in [2.45, 2.75) is 13.3 Å². The van der Waals surface area contributed by atoms with Gasteiger partial charge in [0.15, 0.2) is 0 Å². The fourth-order valence-electron chi connectivity index (χ4n) is 2.74. The van der Waals surface area contributed by atoms with Crippen molar-refractivity contribution in [2.75, 3.05) is 11.9 Å². The molecule has 1 aromatic carbocycles. The van der Waals surface area contributed by atoms with Crippen LogP contribution in [-0.4, -0.2) is 26.7 Å². The first-order valence-electron chi connectivity index (χ1n) is 7.19. The summed E-state index contributed by atoms with van der Waals surface area (Å²) in [6, 6.07) is 8.41. The van der Waals surface area contributed by atoms with Crippen LogP contribution in [0.15, 0.2) is 41.3 Å². The van der Waals surface area contributed by atoms with E-state index in [4.69, 9.17) is 4.52 Å². The minimum Gasteiger partial charge on any atom is -0.369 e. The number of nitrogens with one attached hydrogen (secondary N) is 2. The summed E-state index contributed by atoms with van der Waals surface area (Å²) in [5, 5.41) is 9.41. The molecule has 3 heterocycles. The summed E-state index contributed by atoms with van der Waals surface area (Å²) < 4.78 is 5.16. The Kier molecular flexibility index (Phi) is 3.00. The van der Waals surface area contributed by atoms with E-state index in [1.54, 1.807) is 0 Å². The first kappa shape index (κ1) is 12.8. The molecule has 6 nitrogen and oxygen atoms in total. The number of benzene rings is 1. The Morgan fingerprint density at radius 2 is 2.18 bits per heavy atom. The van der Waals surface area contributed by atoms with E-state index in [0.29, 0.717) is 5.71 Å². The van der Waals surface area contributed by atoms with Gasteiger partial charge in [-0.15, -0.1) is 0 Å². The lowest BCUT2D eigenvalue weighted by Crippen LogP contribution is -2.07. The first-order valence-corrected chi connectivity index (χ1v) is 7.19. The minimum absolute atomic E-state index is 0.516. The number of aromatic amines is 1. The number of aromatic nitrogens is 4. The van der Waals surface area contributed by atoms with Crippen LogP contribution in [0.25, 0.3) is 22.0 Å². The highest BCUT2D eigenvalue weighted by Crippen LogP contribution is 2.23. The van der Waals surface area contributed by atoms with Gasteiger partial charge in [-0.25, -0.2) is 4.98 Å². The Morgan fingerprint density at radius 1 is 1.23 bits per heavy atom.